The van der Waals surface area contributed by atoms with Crippen molar-refractivity contribution in [3.8, 4) is 0 Å². The van der Waals surface area contributed by atoms with E-state index in [-0.39, 0.29) is 6.04 Å². The Hall–Kier alpha value is -0.890. The van der Waals surface area contributed by atoms with Gasteiger partial charge in [0, 0.05) is 18.4 Å². The first kappa shape index (κ1) is 13.5. The second-order valence-electron chi connectivity index (χ2n) is 6.79. The van der Waals surface area contributed by atoms with Crippen molar-refractivity contribution >= 4 is 0 Å². The van der Waals surface area contributed by atoms with Crippen LogP contribution in [0.3, 0.4) is 0 Å². The van der Waals surface area contributed by atoms with Gasteiger partial charge in [-0.3, -0.25) is 4.98 Å². The third-order valence-electron chi connectivity index (χ3n) is 4.57. The van der Waals surface area contributed by atoms with Crippen LogP contribution in [0.2, 0.25) is 0 Å². The summed E-state index contributed by atoms with van der Waals surface area (Å²) in [4.78, 5) is 4.17. The molecule has 1 heterocycles. The van der Waals surface area contributed by atoms with Crippen molar-refractivity contribution in [3.63, 3.8) is 0 Å². The molecule has 0 bridgehead atoms. The zero-order valence-electron chi connectivity index (χ0n) is 11.9. The van der Waals surface area contributed by atoms with Crippen molar-refractivity contribution in [1.29, 1.82) is 0 Å². The molecule has 0 amide bonds. The molecule has 0 aromatic carbocycles. The lowest BCUT2D eigenvalue weighted by molar-refractivity contribution is 0.139. The van der Waals surface area contributed by atoms with Crippen LogP contribution in [0, 0.1) is 17.3 Å². The summed E-state index contributed by atoms with van der Waals surface area (Å²) in [6.07, 6.45) is 8.90. The van der Waals surface area contributed by atoms with Crippen LogP contribution in [0.4, 0.5) is 0 Å². The second kappa shape index (κ2) is 5.40. The zero-order chi connectivity index (χ0) is 13.2. The molecule has 2 rings (SSSR count). The van der Waals surface area contributed by atoms with E-state index in [9.17, 15) is 0 Å². The monoisotopic (exact) mass is 246 g/mol. The number of hydrogen-bond donors (Lipinski definition) is 1. The molecule has 1 atom stereocenters. The molecule has 0 aliphatic heterocycles. The van der Waals surface area contributed by atoms with Gasteiger partial charge in [0.15, 0.2) is 0 Å². The van der Waals surface area contributed by atoms with Crippen molar-refractivity contribution in [2.75, 3.05) is 0 Å². The van der Waals surface area contributed by atoms with Gasteiger partial charge in [0.2, 0.25) is 0 Å². The number of rotatable bonds is 2. The van der Waals surface area contributed by atoms with E-state index in [0.29, 0.717) is 11.3 Å². The molecular weight excluding hydrogens is 220 g/mol. The molecule has 100 valence electrons. The number of pyridine rings is 1. The number of hydrogen-bond acceptors (Lipinski definition) is 2. The maximum Gasteiger partial charge on any atom is 0.0338 e. The highest BCUT2D eigenvalue weighted by molar-refractivity contribution is 5.14. The normalized spacial score (nSPS) is 26.9. The van der Waals surface area contributed by atoms with Crippen LogP contribution >= 0.6 is 0 Å². The summed E-state index contributed by atoms with van der Waals surface area (Å²) in [5, 5.41) is 0. The van der Waals surface area contributed by atoms with Crippen LogP contribution < -0.4 is 5.73 Å². The first-order valence-corrected chi connectivity index (χ1v) is 7.14. The maximum atomic E-state index is 6.38. The van der Waals surface area contributed by atoms with Gasteiger partial charge in [-0.1, -0.05) is 26.8 Å². The summed E-state index contributed by atoms with van der Waals surface area (Å²) >= 11 is 0. The average Bonchev–Trinajstić information content (AvgIpc) is 2.38. The quantitative estimate of drug-likeness (QED) is 0.858. The van der Waals surface area contributed by atoms with Crippen LogP contribution in [-0.4, -0.2) is 4.98 Å². The molecule has 2 heteroatoms. The first-order valence-electron chi connectivity index (χ1n) is 7.14. The third-order valence-corrected chi connectivity index (χ3v) is 4.57. The van der Waals surface area contributed by atoms with Crippen LogP contribution in [0.1, 0.15) is 58.1 Å². The lowest BCUT2D eigenvalue weighted by Gasteiger charge is -2.38. The molecule has 1 aliphatic carbocycles. The van der Waals surface area contributed by atoms with Crippen LogP contribution in [0.25, 0.3) is 0 Å². The Bertz CT molecular complexity index is 358. The SMILES string of the molecule is CC(C)(C)C1CCC(C(N)c2cccnc2)CC1. The van der Waals surface area contributed by atoms with E-state index in [1.165, 1.54) is 31.2 Å². The van der Waals surface area contributed by atoms with Crippen LogP contribution in [-0.2, 0) is 0 Å². The molecule has 0 saturated heterocycles. The fraction of sp³-hybridized carbons (Fsp3) is 0.688. The predicted octanol–water partition coefficient (Wildman–Crippen LogP) is 3.93. The molecule has 18 heavy (non-hydrogen) atoms. The molecule has 1 unspecified atom stereocenters. The van der Waals surface area contributed by atoms with Gasteiger partial charge in [-0.25, -0.2) is 0 Å². The highest BCUT2D eigenvalue weighted by atomic mass is 14.7. The smallest absolute Gasteiger partial charge is 0.0338 e. The van der Waals surface area contributed by atoms with Gasteiger partial charge in [0.25, 0.3) is 0 Å². The van der Waals surface area contributed by atoms with Crippen molar-refractivity contribution in [3.05, 3.63) is 30.1 Å². The Labute approximate surface area is 111 Å². The molecule has 0 radical (unpaired) electrons. The molecule has 1 aliphatic rings. The van der Waals surface area contributed by atoms with Gasteiger partial charge >= 0.3 is 0 Å². The molecule has 1 saturated carbocycles. The maximum absolute atomic E-state index is 6.38. The average molecular weight is 246 g/mol. The van der Waals surface area contributed by atoms with Gasteiger partial charge in [-0.05, 0) is 54.6 Å². The Morgan fingerprint density at radius 2 is 1.89 bits per heavy atom. The largest absolute Gasteiger partial charge is 0.324 e. The van der Waals surface area contributed by atoms with E-state index >= 15 is 0 Å². The summed E-state index contributed by atoms with van der Waals surface area (Å²) in [5.41, 5.74) is 8.02. The predicted molar refractivity (Wildman–Crippen MR) is 76.1 cm³/mol. The molecule has 1 aromatic rings. The van der Waals surface area contributed by atoms with Crippen molar-refractivity contribution < 1.29 is 0 Å². The van der Waals surface area contributed by atoms with Gasteiger partial charge < -0.3 is 5.73 Å². The molecule has 1 fully saturated rings. The van der Waals surface area contributed by atoms with Crippen LogP contribution in [0.15, 0.2) is 24.5 Å². The Kier molecular flexibility index (Phi) is 4.06. The van der Waals surface area contributed by atoms with E-state index in [2.05, 4.69) is 31.8 Å². The Morgan fingerprint density at radius 1 is 1.22 bits per heavy atom. The zero-order valence-corrected chi connectivity index (χ0v) is 11.9. The van der Waals surface area contributed by atoms with E-state index < -0.39 is 0 Å². The Balaban J connectivity index is 1.94. The van der Waals surface area contributed by atoms with E-state index in [1.807, 2.05) is 18.5 Å². The van der Waals surface area contributed by atoms with E-state index in [4.69, 9.17) is 5.73 Å². The molecule has 0 spiro atoms. The summed E-state index contributed by atoms with van der Waals surface area (Å²) < 4.78 is 0. The van der Waals surface area contributed by atoms with E-state index in [1.54, 1.807) is 0 Å². The summed E-state index contributed by atoms with van der Waals surface area (Å²) in [6.45, 7) is 7.08. The minimum absolute atomic E-state index is 0.166. The minimum Gasteiger partial charge on any atom is -0.324 e. The number of aromatic nitrogens is 1. The highest BCUT2D eigenvalue weighted by Gasteiger charge is 2.32. The topological polar surface area (TPSA) is 38.9 Å². The lowest BCUT2D eigenvalue weighted by atomic mass is 9.68. The van der Waals surface area contributed by atoms with E-state index in [0.717, 1.165) is 5.92 Å². The Morgan fingerprint density at radius 3 is 2.39 bits per heavy atom. The lowest BCUT2D eigenvalue weighted by Crippen LogP contribution is -2.30. The molecule has 1 aromatic heterocycles. The third kappa shape index (κ3) is 3.11. The van der Waals surface area contributed by atoms with Crippen LogP contribution in [0.5, 0.6) is 0 Å². The standard InChI is InChI=1S/C16H26N2/c1-16(2,3)14-8-6-12(7-9-14)15(17)13-5-4-10-18-11-13/h4-5,10-12,14-15H,6-9,17H2,1-3H3. The van der Waals surface area contributed by atoms with Crippen molar-refractivity contribution in [2.24, 2.45) is 23.0 Å². The fourth-order valence-corrected chi connectivity index (χ4v) is 3.19. The molecule has 2 N–H and O–H groups in total. The molecule has 2 nitrogen and oxygen atoms in total. The highest BCUT2D eigenvalue weighted by Crippen LogP contribution is 2.42. The fourth-order valence-electron chi connectivity index (χ4n) is 3.19. The summed E-state index contributed by atoms with van der Waals surface area (Å²) in [6, 6.07) is 4.25. The second-order valence-corrected chi connectivity index (χ2v) is 6.79. The number of nitrogens with zero attached hydrogens (tertiary/aromatic N) is 1. The number of nitrogens with two attached hydrogens (primary N) is 1. The summed E-state index contributed by atoms with van der Waals surface area (Å²) in [5.74, 6) is 1.49. The first-order chi connectivity index (χ1) is 8.48. The van der Waals surface area contributed by atoms with Crippen molar-refractivity contribution in [2.45, 2.75) is 52.5 Å². The minimum atomic E-state index is 0.166. The van der Waals surface area contributed by atoms with Gasteiger partial charge in [-0.15, -0.1) is 0 Å². The van der Waals surface area contributed by atoms with Gasteiger partial charge in [0.05, 0.1) is 0 Å². The van der Waals surface area contributed by atoms with Gasteiger partial charge in [-0.2, -0.15) is 0 Å². The summed E-state index contributed by atoms with van der Waals surface area (Å²) in [7, 11) is 0. The van der Waals surface area contributed by atoms with Gasteiger partial charge in [0.1, 0.15) is 0 Å². The van der Waals surface area contributed by atoms with Crippen molar-refractivity contribution in [1.82, 2.24) is 4.98 Å². The molecular formula is C16H26N2.